The predicted molar refractivity (Wildman–Crippen MR) is 143 cm³/mol. The van der Waals surface area contributed by atoms with Gasteiger partial charge in [-0.1, -0.05) is 54.0 Å². The van der Waals surface area contributed by atoms with Crippen molar-refractivity contribution >= 4 is 37.5 Å². The first kappa shape index (κ1) is 26.8. The van der Waals surface area contributed by atoms with Crippen LogP contribution in [0.25, 0.3) is 0 Å². The SMILES string of the molecule is COc1cc(C)c(C(C)NC(=O)CN(c2cccc(Br)c2)S(=O)(=O)c2ccccc2)cc1C(C)C. The number of sulfonamides is 1. The molecule has 1 atom stereocenters. The topological polar surface area (TPSA) is 75.7 Å². The summed E-state index contributed by atoms with van der Waals surface area (Å²) < 4.78 is 34.4. The lowest BCUT2D eigenvalue weighted by Crippen LogP contribution is -2.41. The van der Waals surface area contributed by atoms with Gasteiger partial charge in [0.2, 0.25) is 5.91 Å². The third-order valence-corrected chi connectivity index (χ3v) is 8.08. The molecule has 0 aliphatic carbocycles. The molecule has 0 bridgehead atoms. The summed E-state index contributed by atoms with van der Waals surface area (Å²) in [6.07, 6.45) is 0. The maximum atomic E-state index is 13.5. The standard InChI is InChI=1S/C27H31BrN2O4S/c1-18(2)24-16-25(19(3)14-26(24)34-5)20(4)29-27(31)17-30(22-11-9-10-21(28)15-22)35(32,33)23-12-7-6-8-13-23/h6-16,18,20H,17H2,1-5H3,(H,29,31). The molecule has 1 amide bonds. The Balaban J connectivity index is 1.91. The summed E-state index contributed by atoms with van der Waals surface area (Å²) in [5.74, 6) is 0.656. The second kappa shape index (κ2) is 11.3. The molecule has 0 heterocycles. The number of nitrogens with one attached hydrogen (secondary N) is 1. The molecule has 35 heavy (non-hydrogen) atoms. The van der Waals surface area contributed by atoms with E-state index in [2.05, 4.69) is 41.2 Å². The number of carbonyl (C=O) groups excluding carboxylic acids is 1. The van der Waals surface area contributed by atoms with E-state index in [4.69, 9.17) is 4.74 Å². The van der Waals surface area contributed by atoms with Crippen LogP contribution in [0.1, 0.15) is 49.4 Å². The second-order valence-electron chi connectivity index (χ2n) is 8.70. The van der Waals surface area contributed by atoms with Crippen molar-refractivity contribution in [2.75, 3.05) is 18.0 Å². The number of amides is 1. The number of rotatable bonds is 9. The number of methoxy groups -OCH3 is 1. The van der Waals surface area contributed by atoms with E-state index in [0.29, 0.717) is 10.2 Å². The fourth-order valence-electron chi connectivity index (χ4n) is 3.97. The summed E-state index contributed by atoms with van der Waals surface area (Å²) in [7, 11) is -2.32. The van der Waals surface area contributed by atoms with E-state index in [9.17, 15) is 13.2 Å². The van der Waals surface area contributed by atoms with Crippen LogP contribution in [0.5, 0.6) is 5.75 Å². The van der Waals surface area contributed by atoms with Crippen molar-refractivity contribution in [3.05, 3.63) is 87.9 Å². The largest absolute Gasteiger partial charge is 0.496 e. The van der Waals surface area contributed by atoms with Crippen molar-refractivity contribution in [3.63, 3.8) is 0 Å². The molecule has 3 aromatic carbocycles. The Morgan fingerprint density at radius 1 is 1.00 bits per heavy atom. The fraction of sp³-hybridized carbons (Fsp3) is 0.296. The van der Waals surface area contributed by atoms with Gasteiger partial charge >= 0.3 is 0 Å². The number of anilines is 1. The van der Waals surface area contributed by atoms with E-state index >= 15 is 0 Å². The lowest BCUT2D eigenvalue weighted by atomic mass is 9.93. The van der Waals surface area contributed by atoms with Crippen LogP contribution < -0.4 is 14.4 Å². The molecule has 8 heteroatoms. The van der Waals surface area contributed by atoms with Crippen molar-refractivity contribution in [2.24, 2.45) is 0 Å². The molecule has 0 aromatic heterocycles. The van der Waals surface area contributed by atoms with E-state index in [1.165, 1.54) is 12.1 Å². The van der Waals surface area contributed by atoms with Gasteiger partial charge in [0.15, 0.2) is 0 Å². The number of aryl methyl sites for hydroxylation is 1. The van der Waals surface area contributed by atoms with E-state index in [-0.39, 0.29) is 23.4 Å². The maximum Gasteiger partial charge on any atom is 0.264 e. The molecule has 6 nitrogen and oxygen atoms in total. The molecule has 0 aliphatic rings. The molecule has 3 rings (SSSR count). The highest BCUT2D eigenvalue weighted by molar-refractivity contribution is 9.10. The van der Waals surface area contributed by atoms with Gasteiger partial charge in [0.05, 0.1) is 23.7 Å². The molecule has 0 saturated heterocycles. The number of halogens is 1. The second-order valence-corrected chi connectivity index (χ2v) is 11.5. The lowest BCUT2D eigenvalue weighted by molar-refractivity contribution is -0.120. The van der Waals surface area contributed by atoms with Crippen LogP contribution in [0.15, 0.2) is 76.1 Å². The maximum absolute atomic E-state index is 13.5. The smallest absolute Gasteiger partial charge is 0.264 e. The number of benzene rings is 3. The minimum absolute atomic E-state index is 0.119. The molecule has 0 fully saturated rings. The van der Waals surface area contributed by atoms with Crippen LogP contribution in [0.3, 0.4) is 0 Å². The first-order chi connectivity index (χ1) is 16.5. The van der Waals surface area contributed by atoms with Crippen molar-refractivity contribution in [1.82, 2.24) is 5.32 Å². The van der Waals surface area contributed by atoms with E-state index in [1.54, 1.807) is 49.6 Å². The molecule has 0 saturated carbocycles. The molecular weight excluding hydrogens is 528 g/mol. The Hall–Kier alpha value is -2.84. The summed E-state index contributed by atoms with van der Waals surface area (Å²) in [6, 6.07) is 18.7. The van der Waals surface area contributed by atoms with Gasteiger partial charge in [0, 0.05) is 4.47 Å². The number of hydrogen-bond acceptors (Lipinski definition) is 4. The van der Waals surface area contributed by atoms with Crippen LogP contribution >= 0.6 is 15.9 Å². The third kappa shape index (κ3) is 6.24. The monoisotopic (exact) mass is 558 g/mol. The lowest BCUT2D eigenvalue weighted by Gasteiger charge is -2.26. The molecule has 3 aromatic rings. The molecule has 1 unspecified atom stereocenters. The van der Waals surface area contributed by atoms with Crippen molar-refractivity contribution in [2.45, 2.75) is 44.6 Å². The predicted octanol–water partition coefficient (Wildman–Crippen LogP) is 5.96. The van der Waals surface area contributed by atoms with Crippen LogP contribution in [-0.2, 0) is 14.8 Å². The third-order valence-electron chi connectivity index (χ3n) is 5.80. The molecule has 186 valence electrons. The molecule has 0 radical (unpaired) electrons. The van der Waals surface area contributed by atoms with Gasteiger partial charge in [-0.2, -0.15) is 0 Å². The van der Waals surface area contributed by atoms with Crippen LogP contribution in [0.4, 0.5) is 5.69 Å². The zero-order valence-electron chi connectivity index (χ0n) is 20.6. The van der Waals surface area contributed by atoms with Gasteiger partial charge in [-0.25, -0.2) is 8.42 Å². The quantitative estimate of drug-likeness (QED) is 0.351. The minimum atomic E-state index is -3.97. The first-order valence-electron chi connectivity index (χ1n) is 11.4. The van der Waals surface area contributed by atoms with Gasteiger partial charge in [-0.3, -0.25) is 9.10 Å². The molecule has 1 N–H and O–H groups in total. The van der Waals surface area contributed by atoms with Gasteiger partial charge < -0.3 is 10.1 Å². The highest BCUT2D eigenvalue weighted by Crippen LogP contribution is 2.32. The molecule has 0 spiro atoms. The van der Waals surface area contributed by atoms with Crippen molar-refractivity contribution in [3.8, 4) is 5.75 Å². The zero-order valence-corrected chi connectivity index (χ0v) is 23.0. The Kier molecular flexibility index (Phi) is 8.61. The summed E-state index contributed by atoms with van der Waals surface area (Å²) >= 11 is 3.40. The highest BCUT2D eigenvalue weighted by atomic mass is 79.9. The summed E-state index contributed by atoms with van der Waals surface area (Å²) in [6.45, 7) is 7.68. The summed E-state index contributed by atoms with van der Waals surface area (Å²) in [5, 5.41) is 2.98. The van der Waals surface area contributed by atoms with Crippen LogP contribution in [-0.4, -0.2) is 28.0 Å². The Morgan fingerprint density at radius 3 is 2.29 bits per heavy atom. The Bertz CT molecular complexity index is 1290. The number of carbonyl (C=O) groups is 1. The van der Waals surface area contributed by atoms with Gasteiger partial charge in [-0.15, -0.1) is 0 Å². The van der Waals surface area contributed by atoms with Gasteiger partial charge in [0.1, 0.15) is 12.3 Å². The van der Waals surface area contributed by atoms with E-state index < -0.39 is 15.9 Å². The van der Waals surface area contributed by atoms with E-state index in [0.717, 1.165) is 26.7 Å². The number of ether oxygens (including phenoxy) is 1. The highest BCUT2D eigenvalue weighted by Gasteiger charge is 2.28. The average molecular weight is 560 g/mol. The molecule has 0 aliphatic heterocycles. The molecular formula is C27H31BrN2O4S. The van der Waals surface area contributed by atoms with Gasteiger partial charge in [-0.05, 0) is 78.9 Å². The van der Waals surface area contributed by atoms with Crippen molar-refractivity contribution < 1.29 is 17.9 Å². The average Bonchev–Trinajstić information content (AvgIpc) is 2.82. The zero-order chi connectivity index (χ0) is 25.8. The fourth-order valence-corrected chi connectivity index (χ4v) is 5.79. The Labute approximate surface area is 216 Å². The van der Waals surface area contributed by atoms with Gasteiger partial charge in [0.25, 0.3) is 10.0 Å². The van der Waals surface area contributed by atoms with Crippen LogP contribution in [0.2, 0.25) is 0 Å². The normalized spacial score (nSPS) is 12.3. The Morgan fingerprint density at radius 2 is 1.69 bits per heavy atom. The summed E-state index contributed by atoms with van der Waals surface area (Å²) in [5.41, 5.74) is 3.40. The number of nitrogens with zero attached hydrogens (tertiary/aromatic N) is 1. The summed E-state index contributed by atoms with van der Waals surface area (Å²) in [4.78, 5) is 13.3. The van der Waals surface area contributed by atoms with E-state index in [1.807, 2.05) is 19.9 Å². The van der Waals surface area contributed by atoms with Crippen LogP contribution in [0, 0.1) is 6.92 Å². The minimum Gasteiger partial charge on any atom is -0.496 e. The first-order valence-corrected chi connectivity index (χ1v) is 13.6. The van der Waals surface area contributed by atoms with Crippen molar-refractivity contribution in [1.29, 1.82) is 0 Å². The number of hydrogen-bond donors (Lipinski definition) is 1.